The Hall–Kier alpha value is -2.02. The summed E-state index contributed by atoms with van der Waals surface area (Å²) < 4.78 is 27.2. The first-order valence-electron chi connectivity index (χ1n) is 6.15. The molecule has 1 aliphatic rings. The summed E-state index contributed by atoms with van der Waals surface area (Å²) in [7, 11) is 0. The van der Waals surface area contributed by atoms with Gasteiger partial charge in [-0.3, -0.25) is 14.5 Å². The largest absolute Gasteiger partial charge is 0.481 e. The minimum atomic E-state index is -1.13. The van der Waals surface area contributed by atoms with Crippen molar-refractivity contribution in [2.45, 2.75) is 19.0 Å². The average Bonchev–Trinajstić information content (AvgIpc) is 2.37. The topological polar surface area (TPSA) is 69.6 Å². The van der Waals surface area contributed by atoms with Crippen molar-refractivity contribution in [2.75, 3.05) is 13.1 Å². The van der Waals surface area contributed by atoms with Gasteiger partial charge in [0.25, 0.3) is 0 Å². The minimum absolute atomic E-state index is 0.135. The molecular formula is C13H14F2N2O3. The second kappa shape index (κ2) is 5.96. The van der Waals surface area contributed by atoms with Crippen molar-refractivity contribution in [3.8, 4) is 0 Å². The van der Waals surface area contributed by atoms with E-state index in [9.17, 15) is 18.4 Å². The van der Waals surface area contributed by atoms with Crippen molar-refractivity contribution < 1.29 is 23.5 Å². The third-order valence-corrected chi connectivity index (χ3v) is 3.23. The van der Waals surface area contributed by atoms with Crippen molar-refractivity contribution in [2.24, 2.45) is 0 Å². The van der Waals surface area contributed by atoms with Crippen molar-refractivity contribution in [1.29, 1.82) is 0 Å². The summed E-state index contributed by atoms with van der Waals surface area (Å²) in [4.78, 5) is 24.0. The Labute approximate surface area is 114 Å². The number of carbonyl (C=O) groups excluding carboxylic acids is 1. The molecule has 0 radical (unpaired) electrons. The predicted octanol–water partition coefficient (Wildman–Crippen LogP) is 0.740. The number of carboxylic acids is 1. The van der Waals surface area contributed by atoms with Crippen LogP contribution >= 0.6 is 0 Å². The number of amides is 1. The van der Waals surface area contributed by atoms with Gasteiger partial charge in [0.15, 0.2) is 0 Å². The van der Waals surface area contributed by atoms with E-state index in [0.717, 1.165) is 12.1 Å². The van der Waals surface area contributed by atoms with Crippen LogP contribution in [0.1, 0.15) is 12.0 Å². The van der Waals surface area contributed by atoms with Gasteiger partial charge in [-0.1, -0.05) is 6.07 Å². The third-order valence-electron chi connectivity index (χ3n) is 3.23. The number of piperazine rings is 1. The molecule has 1 aliphatic heterocycles. The summed E-state index contributed by atoms with van der Waals surface area (Å²) in [5.74, 6) is -2.98. The van der Waals surface area contributed by atoms with E-state index in [2.05, 4.69) is 5.32 Å². The Morgan fingerprint density at radius 2 is 2.05 bits per heavy atom. The lowest BCUT2D eigenvalue weighted by Crippen LogP contribution is -2.55. The number of carboxylic acid groups (broad SMARTS) is 1. The zero-order valence-electron chi connectivity index (χ0n) is 10.6. The van der Waals surface area contributed by atoms with Gasteiger partial charge in [-0.2, -0.15) is 0 Å². The van der Waals surface area contributed by atoms with Crippen LogP contribution in [0.15, 0.2) is 18.2 Å². The summed E-state index contributed by atoms with van der Waals surface area (Å²) >= 11 is 0. The Balaban J connectivity index is 2.21. The molecule has 1 fully saturated rings. The summed E-state index contributed by atoms with van der Waals surface area (Å²) in [6, 6.07) is 2.61. The Morgan fingerprint density at radius 1 is 1.40 bits per heavy atom. The van der Waals surface area contributed by atoms with Gasteiger partial charge in [-0.05, 0) is 12.1 Å². The van der Waals surface area contributed by atoms with Gasteiger partial charge in [0.2, 0.25) is 5.91 Å². The van der Waals surface area contributed by atoms with Gasteiger partial charge < -0.3 is 10.4 Å². The van der Waals surface area contributed by atoms with E-state index in [-0.39, 0.29) is 12.1 Å². The van der Waals surface area contributed by atoms with Crippen LogP contribution in [0.2, 0.25) is 0 Å². The van der Waals surface area contributed by atoms with E-state index in [1.165, 1.54) is 11.0 Å². The van der Waals surface area contributed by atoms with Crippen molar-refractivity contribution >= 4 is 11.9 Å². The maximum absolute atomic E-state index is 13.6. The van der Waals surface area contributed by atoms with Crippen LogP contribution in [-0.4, -0.2) is 41.0 Å². The van der Waals surface area contributed by atoms with Gasteiger partial charge in [0.1, 0.15) is 17.7 Å². The fourth-order valence-corrected chi connectivity index (χ4v) is 2.23. The molecular weight excluding hydrogens is 270 g/mol. The van der Waals surface area contributed by atoms with E-state index >= 15 is 0 Å². The van der Waals surface area contributed by atoms with Gasteiger partial charge in [-0.25, -0.2) is 8.78 Å². The Bertz CT molecular complexity index is 516. The van der Waals surface area contributed by atoms with E-state index in [1.807, 2.05) is 0 Å². The number of halogens is 2. The molecule has 1 aromatic rings. The molecule has 20 heavy (non-hydrogen) atoms. The lowest BCUT2D eigenvalue weighted by Gasteiger charge is -2.34. The molecule has 1 saturated heterocycles. The molecule has 2 rings (SSSR count). The van der Waals surface area contributed by atoms with E-state index in [1.54, 1.807) is 0 Å². The van der Waals surface area contributed by atoms with Crippen LogP contribution in [0.4, 0.5) is 8.78 Å². The molecule has 1 aromatic carbocycles. The highest BCUT2D eigenvalue weighted by Gasteiger charge is 2.32. The number of nitrogens with one attached hydrogen (secondary N) is 1. The number of carbonyl (C=O) groups is 2. The predicted molar refractivity (Wildman–Crippen MR) is 65.8 cm³/mol. The quantitative estimate of drug-likeness (QED) is 0.855. The summed E-state index contributed by atoms with van der Waals surface area (Å²) in [5, 5.41) is 11.4. The molecule has 1 heterocycles. The summed E-state index contributed by atoms with van der Waals surface area (Å²) in [6.45, 7) is 0.534. The maximum atomic E-state index is 13.6. The molecule has 1 amide bonds. The Morgan fingerprint density at radius 3 is 2.65 bits per heavy atom. The van der Waals surface area contributed by atoms with Crippen molar-refractivity contribution in [3.63, 3.8) is 0 Å². The number of nitrogens with zero attached hydrogens (tertiary/aromatic N) is 1. The van der Waals surface area contributed by atoms with Crippen molar-refractivity contribution in [1.82, 2.24) is 10.2 Å². The molecule has 0 spiro atoms. The fraction of sp³-hybridized carbons (Fsp3) is 0.385. The first-order chi connectivity index (χ1) is 9.49. The average molecular weight is 284 g/mol. The summed E-state index contributed by atoms with van der Waals surface area (Å²) in [5.41, 5.74) is -0.155. The van der Waals surface area contributed by atoms with Crippen LogP contribution in [0.3, 0.4) is 0 Å². The van der Waals surface area contributed by atoms with Crippen LogP contribution < -0.4 is 5.32 Å². The Kier molecular flexibility index (Phi) is 4.29. The SMILES string of the molecule is O=C(O)CC1C(=O)NCCN1Cc1c(F)cccc1F. The van der Waals surface area contributed by atoms with Crippen LogP contribution in [0.25, 0.3) is 0 Å². The van der Waals surface area contributed by atoms with E-state index in [4.69, 9.17) is 5.11 Å². The molecule has 2 N–H and O–H groups in total. The molecule has 1 atom stereocenters. The zero-order chi connectivity index (χ0) is 14.7. The maximum Gasteiger partial charge on any atom is 0.305 e. The monoisotopic (exact) mass is 284 g/mol. The van der Waals surface area contributed by atoms with Crippen LogP contribution in [0.5, 0.6) is 0 Å². The minimum Gasteiger partial charge on any atom is -0.481 e. The second-order valence-corrected chi connectivity index (χ2v) is 4.58. The highest BCUT2D eigenvalue weighted by atomic mass is 19.1. The highest BCUT2D eigenvalue weighted by molar-refractivity contribution is 5.86. The fourth-order valence-electron chi connectivity index (χ4n) is 2.23. The van der Waals surface area contributed by atoms with E-state index in [0.29, 0.717) is 13.1 Å². The molecule has 7 heteroatoms. The van der Waals surface area contributed by atoms with Gasteiger partial charge in [0, 0.05) is 25.2 Å². The summed E-state index contributed by atoms with van der Waals surface area (Å²) in [6.07, 6.45) is -0.401. The molecule has 0 aromatic heterocycles. The normalized spacial score (nSPS) is 19.7. The van der Waals surface area contributed by atoms with Gasteiger partial charge >= 0.3 is 5.97 Å². The smallest absolute Gasteiger partial charge is 0.305 e. The van der Waals surface area contributed by atoms with Gasteiger partial charge in [-0.15, -0.1) is 0 Å². The van der Waals surface area contributed by atoms with Gasteiger partial charge in [0.05, 0.1) is 6.42 Å². The highest BCUT2D eigenvalue weighted by Crippen LogP contribution is 2.18. The number of rotatable bonds is 4. The zero-order valence-corrected chi connectivity index (χ0v) is 10.6. The number of hydrogen-bond donors (Lipinski definition) is 2. The number of aliphatic carboxylic acids is 1. The van der Waals surface area contributed by atoms with Crippen molar-refractivity contribution in [3.05, 3.63) is 35.4 Å². The third kappa shape index (κ3) is 3.11. The molecule has 0 bridgehead atoms. The second-order valence-electron chi connectivity index (χ2n) is 4.58. The van der Waals surface area contributed by atoms with E-state index < -0.39 is 36.0 Å². The number of benzene rings is 1. The first-order valence-corrected chi connectivity index (χ1v) is 6.15. The lowest BCUT2D eigenvalue weighted by molar-refractivity contribution is -0.143. The standard InChI is InChI=1S/C13H14F2N2O3/c14-9-2-1-3-10(15)8(9)7-17-5-4-16-13(20)11(17)6-12(18)19/h1-3,11H,4-7H2,(H,16,20)(H,18,19). The number of hydrogen-bond acceptors (Lipinski definition) is 3. The molecule has 0 saturated carbocycles. The molecule has 0 aliphatic carbocycles. The van der Waals surface area contributed by atoms with Crippen LogP contribution in [-0.2, 0) is 16.1 Å². The molecule has 5 nitrogen and oxygen atoms in total. The molecule has 108 valence electrons. The lowest BCUT2D eigenvalue weighted by atomic mass is 10.1. The van der Waals surface area contributed by atoms with Crippen LogP contribution in [0, 0.1) is 11.6 Å². The molecule has 1 unspecified atom stereocenters. The first kappa shape index (κ1) is 14.4.